The molecular formula is C21H24BrN3O5S. The van der Waals surface area contributed by atoms with E-state index < -0.39 is 20.6 Å². The third-order valence-corrected chi connectivity index (χ3v) is 8.71. The zero-order chi connectivity index (χ0) is 22.2. The molecule has 2 saturated heterocycles. The topological polar surface area (TPSA) is 104 Å². The molecule has 0 saturated carbocycles. The summed E-state index contributed by atoms with van der Waals surface area (Å²) in [5.41, 5.74) is 0.639. The fourth-order valence-electron chi connectivity index (χ4n) is 4.78. The molecule has 0 unspecified atom stereocenters. The Morgan fingerprint density at radius 2 is 1.77 bits per heavy atom. The Labute approximate surface area is 189 Å². The minimum atomic E-state index is -4.04. The molecule has 31 heavy (non-hydrogen) atoms. The Morgan fingerprint density at radius 1 is 1.10 bits per heavy atom. The van der Waals surface area contributed by atoms with Gasteiger partial charge < -0.3 is 5.11 Å². The highest BCUT2D eigenvalue weighted by molar-refractivity contribution is 9.10. The zero-order valence-corrected chi connectivity index (χ0v) is 19.2. The van der Waals surface area contributed by atoms with Gasteiger partial charge in [-0.25, -0.2) is 8.42 Å². The van der Waals surface area contributed by atoms with Gasteiger partial charge in [-0.05, 0) is 43.1 Å². The summed E-state index contributed by atoms with van der Waals surface area (Å²) < 4.78 is 29.2. The molecule has 0 aromatic heterocycles. The van der Waals surface area contributed by atoms with E-state index in [0.29, 0.717) is 13.0 Å². The monoisotopic (exact) mass is 509 g/mol. The first kappa shape index (κ1) is 22.3. The number of sulfonamides is 1. The molecule has 2 aromatic carbocycles. The number of nitro benzene ring substituents is 1. The molecule has 166 valence electrons. The van der Waals surface area contributed by atoms with Gasteiger partial charge in [0, 0.05) is 41.6 Å². The Morgan fingerprint density at radius 3 is 2.45 bits per heavy atom. The number of hydrogen-bond acceptors (Lipinski definition) is 6. The summed E-state index contributed by atoms with van der Waals surface area (Å²) in [6.07, 6.45) is 1.45. The first-order valence-electron chi connectivity index (χ1n) is 10.2. The molecule has 0 bridgehead atoms. The van der Waals surface area contributed by atoms with Crippen molar-refractivity contribution in [2.45, 2.75) is 35.7 Å². The van der Waals surface area contributed by atoms with Crippen LogP contribution in [0.1, 0.15) is 24.3 Å². The number of fused-ring (bicyclic) bond motifs is 1. The van der Waals surface area contributed by atoms with Crippen molar-refractivity contribution in [2.24, 2.45) is 0 Å². The fourth-order valence-corrected chi connectivity index (χ4v) is 6.70. The van der Waals surface area contributed by atoms with Gasteiger partial charge in [0.1, 0.15) is 0 Å². The number of nitrogens with zero attached hydrogens (tertiary/aromatic N) is 3. The smallest absolute Gasteiger partial charge is 0.289 e. The second-order valence-electron chi connectivity index (χ2n) is 7.93. The van der Waals surface area contributed by atoms with E-state index in [1.165, 1.54) is 28.6 Å². The molecule has 8 nitrogen and oxygen atoms in total. The van der Waals surface area contributed by atoms with Crippen molar-refractivity contribution < 1.29 is 18.4 Å². The number of halogens is 1. The van der Waals surface area contributed by atoms with E-state index in [-0.39, 0.29) is 36.0 Å². The maximum absolute atomic E-state index is 13.4. The number of aliphatic hydroxyl groups is 1. The predicted molar refractivity (Wildman–Crippen MR) is 119 cm³/mol. The Hall–Kier alpha value is -1.85. The van der Waals surface area contributed by atoms with E-state index in [2.05, 4.69) is 20.8 Å². The van der Waals surface area contributed by atoms with Crippen LogP contribution in [0.4, 0.5) is 5.69 Å². The van der Waals surface area contributed by atoms with Crippen LogP contribution in [0.3, 0.4) is 0 Å². The van der Waals surface area contributed by atoms with Gasteiger partial charge in [-0.15, -0.1) is 0 Å². The lowest BCUT2D eigenvalue weighted by atomic mass is 9.74. The molecule has 2 fully saturated rings. The zero-order valence-electron chi connectivity index (χ0n) is 16.8. The third kappa shape index (κ3) is 4.14. The van der Waals surface area contributed by atoms with Crippen LogP contribution in [0.5, 0.6) is 0 Å². The third-order valence-electron chi connectivity index (χ3n) is 6.27. The van der Waals surface area contributed by atoms with Gasteiger partial charge in [0.25, 0.3) is 5.69 Å². The van der Waals surface area contributed by atoms with Gasteiger partial charge in [-0.1, -0.05) is 40.2 Å². The molecule has 0 radical (unpaired) electrons. The number of benzene rings is 2. The molecule has 2 aliphatic heterocycles. The lowest BCUT2D eigenvalue weighted by Gasteiger charge is -2.57. The van der Waals surface area contributed by atoms with Gasteiger partial charge in [0.2, 0.25) is 10.0 Å². The quantitative estimate of drug-likeness (QED) is 0.490. The lowest BCUT2D eigenvalue weighted by molar-refractivity contribution is -0.387. The van der Waals surface area contributed by atoms with Crippen LogP contribution in [-0.4, -0.2) is 66.0 Å². The maximum atomic E-state index is 13.4. The van der Waals surface area contributed by atoms with Crippen molar-refractivity contribution in [2.75, 3.05) is 26.2 Å². The molecule has 0 spiro atoms. The second kappa shape index (κ2) is 8.95. The summed E-state index contributed by atoms with van der Waals surface area (Å²) in [7, 11) is -4.04. The SMILES string of the molecule is O=[N+]([O-])c1ccccc1S(=O)(=O)N1CCCCN2[C@H](CO)[C@H](c3ccc(Br)cc3)[C@@H]2C1. The van der Waals surface area contributed by atoms with Crippen molar-refractivity contribution in [1.82, 2.24) is 9.21 Å². The summed E-state index contributed by atoms with van der Waals surface area (Å²) in [5, 5.41) is 21.4. The molecule has 2 aliphatic rings. The number of para-hydroxylation sites is 1. The number of nitro groups is 1. The van der Waals surface area contributed by atoms with Gasteiger partial charge in [0.15, 0.2) is 4.90 Å². The van der Waals surface area contributed by atoms with Crippen molar-refractivity contribution in [3.8, 4) is 0 Å². The Balaban J connectivity index is 1.68. The summed E-state index contributed by atoms with van der Waals surface area (Å²) >= 11 is 3.44. The van der Waals surface area contributed by atoms with Gasteiger partial charge in [-0.2, -0.15) is 4.31 Å². The van der Waals surface area contributed by atoms with Crippen LogP contribution in [-0.2, 0) is 10.0 Å². The van der Waals surface area contributed by atoms with E-state index in [9.17, 15) is 23.6 Å². The van der Waals surface area contributed by atoms with Crippen LogP contribution in [0, 0.1) is 10.1 Å². The summed E-state index contributed by atoms with van der Waals surface area (Å²) in [6.45, 7) is 1.33. The average Bonchev–Trinajstić information content (AvgIpc) is 2.73. The molecule has 1 N–H and O–H groups in total. The van der Waals surface area contributed by atoms with E-state index >= 15 is 0 Å². The number of rotatable bonds is 5. The van der Waals surface area contributed by atoms with E-state index in [0.717, 1.165) is 23.0 Å². The Kier molecular flexibility index (Phi) is 6.45. The van der Waals surface area contributed by atoms with Crippen LogP contribution in [0.2, 0.25) is 0 Å². The maximum Gasteiger partial charge on any atom is 0.289 e. The predicted octanol–water partition coefficient (Wildman–Crippen LogP) is 2.97. The molecule has 10 heteroatoms. The van der Waals surface area contributed by atoms with E-state index in [4.69, 9.17) is 0 Å². The van der Waals surface area contributed by atoms with Crippen molar-refractivity contribution >= 4 is 31.6 Å². The largest absolute Gasteiger partial charge is 0.395 e. The molecule has 0 amide bonds. The highest BCUT2D eigenvalue weighted by Gasteiger charge is 2.50. The van der Waals surface area contributed by atoms with Crippen molar-refractivity contribution in [3.05, 3.63) is 68.7 Å². The lowest BCUT2D eigenvalue weighted by Crippen LogP contribution is -2.67. The molecule has 2 aromatic rings. The normalized spacial score (nSPS) is 25.2. The van der Waals surface area contributed by atoms with Crippen LogP contribution in [0.15, 0.2) is 57.9 Å². The number of aliphatic hydroxyl groups excluding tert-OH is 1. The molecule has 4 rings (SSSR count). The highest BCUT2D eigenvalue weighted by Crippen LogP contribution is 2.43. The van der Waals surface area contributed by atoms with E-state index in [1.54, 1.807) is 0 Å². The minimum absolute atomic E-state index is 0.00582. The van der Waals surface area contributed by atoms with Gasteiger partial charge in [0.05, 0.1) is 11.5 Å². The first-order valence-corrected chi connectivity index (χ1v) is 12.4. The Bertz CT molecular complexity index is 1060. The van der Waals surface area contributed by atoms with Gasteiger partial charge in [-0.3, -0.25) is 15.0 Å². The fraction of sp³-hybridized carbons (Fsp3) is 0.429. The summed E-state index contributed by atoms with van der Waals surface area (Å²) in [5.74, 6) is -0.0142. The minimum Gasteiger partial charge on any atom is -0.395 e. The van der Waals surface area contributed by atoms with Crippen LogP contribution < -0.4 is 0 Å². The van der Waals surface area contributed by atoms with Crippen molar-refractivity contribution in [1.29, 1.82) is 0 Å². The molecule has 2 heterocycles. The molecular weight excluding hydrogens is 486 g/mol. The second-order valence-corrected chi connectivity index (χ2v) is 10.7. The number of hydrogen-bond donors (Lipinski definition) is 1. The first-order chi connectivity index (χ1) is 14.8. The van der Waals surface area contributed by atoms with E-state index in [1.807, 2.05) is 24.3 Å². The summed E-state index contributed by atoms with van der Waals surface area (Å²) in [4.78, 5) is 12.7. The molecule has 0 aliphatic carbocycles. The van der Waals surface area contributed by atoms with Gasteiger partial charge >= 0.3 is 0 Å². The van der Waals surface area contributed by atoms with Crippen LogP contribution >= 0.6 is 15.9 Å². The standard InChI is InChI=1S/C21H24BrN3O5S/c22-16-9-7-15(8-10-16)21-18-13-23(11-3-4-12-24(18)19(21)14-26)31(29,30)20-6-2-1-5-17(20)25(27)28/h1-2,5-10,18-19,21,26H,3-4,11-14H2/t18-,19+,21+/m0/s1. The average molecular weight is 510 g/mol. The van der Waals surface area contributed by atoms with Crippen molar-refractivity contribution in [3.63, 3.8) is 0 Å². The molecule has 3 atom stereocenters. The summed E-state index contributed by atoms with van der Waals surface area (Å²) in [6, 6.07) is 13.2. The van der Waals surface area contributed by atoms with Crippen LogP contribution in [0.25, 0.3) is 0 Å². The highest BCUT2D eigenvalue weighted by atomic mass is 79.9.